The fourth-order valence-electron chi connectivity index (χ4n) is 2.93. The predicted octanol–water partition coefficient (Wildman–Crippen LogP) is 5.44. The number of para-hydroxylation sites is 2. The third-order valence-electron chi connectivity index (χ3n) is 4.68. The van der Waals surface area contributed by atoms with Gasteiger partial charge in [0, 0.05) is 10.7 Å². The van der Waals surface area contributed by atoms with Crippen molar-refractivity contribution in [2.24, 2.45) is 0 Å². The lowest BCUT2D eigenvalue weighted by Crippen LogP contribution is -2.16. The monoisotopic (exact) mass is 438 g/mol. The van der Waals surface area contributed by atoms with E-state index >= 15 is 0 Å². The molecule has 0 aliphatic carbocycles. The molecule has 0 aliphatic rings. The van der Waals surface area contributed by atoms with Gasteiger partial charge in [-0.1, -0.05) is 35.9 Å². The Kier molecular flexibility index (Phi) is 5.32. The molecule has 8 heteroatoms. The van der Waals surface area contributed by atoms with Crippen molar-refractivity contribution in [3.63, 3.8) is 0 Å². The summed E-state index contributed by atoms with van der Waals surface area (Å²) < 4.78 is 28.4. The molecule has 0 amide bonds. The largest absolute Gasteiger partial charge is 0.337 e. The number of sulfonamides is 1. The first kappa shape index (κ1) is 20.1. The zero-order valence-electron chi connectivity index (χ0n) is 16.3. The summed E-state index contributed by atoms with van der Waals surface area (Å²) in [5.41, 5.74) is 4.27. The summed E-state index contributed by atoms with van der Waals surface area (Å²) in [7, 11) is -3.91. The number of nitrogens with zero attached hydrogens (tertiary/aromatic N) is 2. The number of aromatic nitrogens is 2. The number of rotatable bonds is 5. The molecule has 0 saturated heterocycles. The first-order valence-corrected chi connectivity index (χ1v) is 11.1. The van der Waals surface area contributed by atoms with Gasteiger partial charge in [0.1, 0.15) is 0 Å². The molecule has 4 rings (SSSR count). The summed E-state index contributed by atoms with van der Waals surface area (Å²) in [5.74, 6) is 0.412. The molecule has 152 valence electrons. The van der Waals surface area contributed by atoms with E-state index in [-0.39, 0.29) is 10.7 Å². The number of hydrogen-bond acceptors (Lipinski definition) is 5. The first-order valence-electron chi connectivity index (χ1n) is 9.21. The lowest BCUT2D eigenvalue weighted by atomic mass is 10.1. The smallest absolute Gasteiger partial charge is 0.263 e. The summed E-state index contributed by atoms with van der Waals surface area (Å²) in [6.07, 6.45) is 0. The molecular weight excluding hydrogens is 420 g/mol. The van der Waals surface area contributed by atoms with Crippen LogP contribution < -0.4 is 10.0 Å². The molecule has 3 aromatic carbocycles. The maximum atomic E-state index is 12.9. The third-order valence-corrected chi connectivity index (χ3v) is 6.25. The van der Waals surface area contributed by atoms with E-state index in [0.29, 0.717) is 21.9 Å². The number of benzene rings is 3. The molecule has 0 fully saturated rings. The third kappa shape index (κ3) is 4.22. The Morgan fingerprint density at radius 1 is 0.800 bits per heavy atom. The van der Waals surface area contributed by atoms with Gasteiger partial charge < -0.3 is 5.32 Å². The van der Waals surface area contributed by atoms with Gasteiger partial charge in [0.05, 0.1) is 15.9 Å². The van der Waals surface area contributed by atoms with Crippen LogP contribution in [0.4, 0.5) is 17.3 Å². The van der Waals surface area contributed by atoms with Crippen LogP contribution in [0.25, 0.3) is 11.0 Å². The van der Waals surface area contributed by atoms with Crippen molar-refractivity contribution in [3.05, 3.63) is 82.9 Å². The van der Waals surface area contributed by atoms with Gasteiger partial charge in [-0.15, -0.1) is 0 Å². The number of anilines is 3. The molecule has 30 heavy (non-hydrogen) atoms. The van der Waals surface area contributed by atoms with Crippen LogP contribution in [0.2, 0.25) is 5.02 Å². The predicted molar refractivity (Wildman–Crippen MR) is 121 cm³/mol. The van der Waals surface area contributed by atoms with Gasteiger partial charge in [0.2, 0.25) is 0 Å². The van der Waals surface area contributed by atoms with E-state index in [1.165, 1.54) is 12.1 Å². The summed E-state index contributed by atoms with van der Waals surface area (Å²) in [4.78, 5) is 9.13. The lowest BCUT2D eigenvalue weighted by Gasteiger charge is -2.14. The van der Waals surface area contributed by atoms with Gasteiger partial charge in [0.15, 0.2) is 11.6 Å². The maximum absolute atomic E-state index is 12.9. The second-order valence-electron chi connectivity index (χ2n) is 6.90. The highest BCUT2D eigenvalue weighted by molar-refractivity contribution is 7.92. The first-order chi connectivity index (χ1) is 14.3. The van der Waals surface area contributed by atoms with E-state index in [9.17, 15) is 8.42 Å². The van der Waals surface area contributed by atoms with E-state index in [1.807, 2.05) is 50.2 Å². The van der Waals surface area contributed by atoms with Crippen molar-refractivity contribution in [1.82, 2.24) is 9.97 Å². The Hall–Kier alpha value is -3.16. The fourth-order valence-corrected chi connectivity index (χ4v) is 4.24. The number of hydrogen-bond donors (Lipinski definition) is 2. The molecule has 4 aromatic rings. The number of aryl methyl sites for hydroxylation is 2. The molecule has 1 heterocycles. The standard InChI is InChI=1S/C22H19ClN4O2S/c1-14-10-11-17(12-15(14)2)24-21-22(26-20-9-4-3-8-19(20)25-21)27-30(28,29)18-7-5-6-16(23)13-18/h3-13H,1-2H3,(H,24,25)(H,26,27). The van der Waals surface area contributed by atoms with Crippen molar-refractivity contribution in [1.29, 1.82) is 0 Å². The zero-order valence-corrected chi connectivity index (χ0v) is 17.9. The van der Waals surface area contributed by atoms with Crippen LogP contribution in [0.3, 0.4) is 0 Å². The molecule has 0 spiro atoms. The minimum absolute atomic E-state index is 0.0436. The van der Waals surface area contributed by atoms with E-state index in [4.69, 9.17) is 11.6 Å². The molecule has 0 saturated carbocycles. The molecule has 0 atom stereocenters. The summed E-state index contributed by atoms with van der Waals surface area (Å²) in [5, 5.41) is 3.52. The second-order valence-corrected chi connectivity index (χ2v) is 9.02. The van der Waals surface area contributed by atoms with Crippen LogP contribution >= 0.6 is 11.6 Å². The average molecular weight is 439 g/mol. The minimum atomic E-state index is -3.91. The van der Waals surface area contributed by atoms with Crippen molar-refractivity contribution in [2.75, 3.05) is 10.0 Å². The van der Waals surface area contributed by atoms with Gasteiger partial charge in [-0.3, -0.25) is 4.72 Å². The second kappa shape index (κ2) is 7.93. The molecule has 0 unspecified atom stereocenters. The van der Waals surface area contributed by atoms with E-state index in [1.54, 1.807) is 18.2 Å². The van der Waals surface area contributed by atoms with Crippen LogP contribution in [0.5, 0.6) is 0 Å². The van der Waals surface area contributed by atoms with Gasteiger partial charge in [-0.05, 0) is 67.4 Å². The zero-order chi connectivity index (χ0) is 21.3. The lowest BCUT2D eigenvalue weighted by molar-refractivity contribution is 0.601. The number of nitrogens with one attached hydrogen (secondary N) is 2. The number of fused-ring (bicyclic) bond motifs is 1. The molecule has 1 aromatic heterocycles. The quantitative estimate of drug-likeness (QED) is 0.433. The van der Waals surface area contributed by atoms with Crippen LogP contribution in [0.15, 0.2) is 71.6 Å². The van der Waals surface area contributed by atoms with Gasteiger partial charge in [0.25, 0.3) is 10.0 Å². The van der Waals surface area contributed by atoms with Crippen LogP contribution in [0.1, 0.15) is 11.1 Å². The normalized spacial score (nSPS) is 11.4. The maximum Gasteiger partial charge on any atom is 0.263 e. The summed E-state index contributed by atoms with van der Waals surface area (Å²) in [6, 6.07) is 19.2. The molecule has 2 N–H and O–H groups in total. The van der Waals surface area contributed by atoms with Crippen molar-refractivity contribution < 1.29 is 8.42 Å². The Morgan fingerprint density at radius 2 is 1.50 bits per heavy atom. The van der Waals surface area contributed by atoms with Crippen molar-refractivity contribution >= 4 is 50.0 Å². The Morgan fingerprint density at radius 3 is 2.17 bits per heavy atom. The van der Waals surface area contributed by atoms with Crippen LogP contribution in [0, 0.1) is 13.8 Å². The fraction of sp³-hybridized carbons (Fsp3) is 0.0909. The van der Waals surface area contributed by atoms with Gasteiger partial charge in [-0.25, -0.2) is 18.4 Å². The van der Waals surface area contributed by atoms with E-state index in [0.717, 1.165) is 16.8 Å². The number of halogens is 1. The van der Waals surface area contributed by atoms with Gasteiger partial charge in [-0.2, -0.15) is 0 Å². The SMILES string of the molecule is Cc1ccc(Nc2nc3ccccc3nc2NS(=O)(=O)c2cccc(Cl)c2)cc1C. The van der Waals surface area contributed by atoms with Gasteiger partial charge >= 0.3 is 0 Å². The Labute approximate surface area is 180 Å². The van der Waals surface area contributed by atoms with Crippen LogP contribution in [-0.2, 0) is 10.0 Å². The highest BCUT2D eigenvalue weighted by atomic mass is 35.5. The van der Waals surface area contributed by atoms with E-state index < -0.39 is 10.0 Å². The summed E-state index contributed by atoms with van der Waals surface area (Å²) in [6.45, 7) is 4.04. The van der Waals surface area contributed by atoms with Crippen molar-refractivity contribution in [3.8, 4) is 0 Å². The van der Waals surface area contributed by atoms with Crippen LogP contribution in [-0.4, -0.2) is 18.4 Å². The molecule has 0 aliphatic heterocycles. The highest BCUT2D eigenvalue weighted by Crippen LogP contribution is 2.28. The molecule has 0 bridgehead atoms. The molecular formula is C22H19ClN4O2S. The average Bonchev–Trinajstić information content (AvgIpc) is 2.71. The molecule has 6 nitrogen and oxygen atoms in total. The molecule has 0 radical (unpaired) electrons. The Bertz CT molecular complexity index is 1360. The van der Waals surface area contributed by atoms with Crippen molar-refractivity contribution in [2.45, 2.75) is 18.7 Å². The van der Waals surface area contributed by atoms with E-state index in [2.05, 4.69) is 20.0 Å². The Balaban J connectivity index is 1.79. The topological polar surface area (TPSA) is 84.0 Å². The highest BCUT2D eigenvalue weighted by Gasteiger charge is 2.19. The minimum Gasteiger partial charge on any atom is -0.337 e. The summed E-state index contributed by atoms with van der Waals surface area (Å²) >= 11 is 5.97.